The number of benzene rings is 2. The van der Waals surface area contributed by atoms with Gasteiger partial charge in [0.05, 0.1) is 11.0 Å². The van der Waals surface area contributed by atoms with E-state index in [9.17, 15) is 0 Å². The second-order valence-corrected chi connectivity index (χ2v) is 5.26. The summed E-state index contributed by atoms with van der Waals surface area (Å²) in [6.07, 6.45) is 0. The van der Waals surface area contributed by atoms with Crippen molar-refractivity contribution in [3.63, 3.8) is 0 Å². The first-order valence-corrected chi connectivity index (χ1v) is 6.68. The fourth-order valence-corrected chi connectivity index (χ4v) is 2.44. The fourth-order valence-electron chi connectivity index (χ4n) is 2.44. The van der Waals surface area contributed by atoms with Gasteiger partial charge in [0.1, 0.15) is 5.82 Å². The summed E-state index contributed by atoms with van der Waals surface area (Å²) in [7, 11) is 2.08. The van der Waals surface area contributed by atoms with Crippen molar-refractivity contribution in [1.29, 1.82) is 0 Å². The Kier molecular flexibility index (Phi) is 2.86. The molecule has 0 atom stereocenters. The lowest BCUT2D eigenvalue weighted by molar-refractivity contribution is 0.865. The maximum atomic E-state index is 4.75. The van der Waals surface area contributed by atoms with Crippen LogP contribution in [0.1, 0.15) is 25.3 Å². The topological polar surface area (TPSA) is 17.8 Å². The Morgan fingerprint density at radius 1 is 1.00 bits per heavy atom. The minimum atomic E-state index is 0.537. The molecule has 1 aromatic heterocycles. The molecule has 0 aliphatic rings. The molecule has 0 bridgehead atoms. The van der Waals surface area contributed by atoms with E-state index in [4.69, 9.17) is 4.98 Å². The van der Waals surface area contributed by atoms with E-state index in [-0.39, 0.29) is 0 Å². The van der Waals surface area contributed by atoms with E-state index < -0.39 is 0 Å². The van der Waals surface area contributed by atoms with E-state index in [1.807, 2.05) is 6.07 Å². The minimum absolute atomic E-state index is 0.537. The molecule has 0 saturated carbocycles. The molecule has 0 aliphatic carbocycles. The van der Waals surface area contributed by atoms with Gasteiger partial charge < -0.3 is 4.57 Å². The van der Waals surface area contributed by atoms with Crippen LogP contribution in [0, 0.1) is 0 Å². The second kappa shape index (κ2) is 4.54. The molecule has 2 heteroatoms. The van der Waals surface area contributed by atoms with Crippen LogP contribution in [-0.2, 0) is 7.05 Å². The molecular weight excluding hydrogens is 232 g/mol. The SMILES string of the molecule is CC(C)c1cccc(-c2nc3ccccc3n2C)c1. The van der Waals surface area contributed by atoms with Crippen LogP contribution >= 0.6 is 0 Å². The van der Waals surface area contributed by atoms with Gasteiger partial charge in [-0.25, -0.2) is 4.98 Å². The summed E-state index contributed by atoms with van der Waals surface area (Å²) in [5, 5.41) is 0. The lowest BCUT2D eigenvalue weighted by Gasteiger charge is -2.08. The summed E-state index contributed by atoms with van der Waals surface area (Å²) in [5.74, 6) is 1.57. The van der Waals surface area contributed by atoms with Crippen molar-refractivity contribution in [3.8, 4) is 11.4 Å². The minimum Gasteiger partial charge on any atom is -0.327 e. The number of aryl methyl sites for hydroxylation is 1. The monoisotopic (exact) mass is 250 g/mol. The summed E-state index contributed by atoms with van der Waals surface area (Å²) >= 11 is 0. The second-order valence-electron chi connectivity index (χ2n) is 5.26. The average Bonchev–Trinajstić information content (AvgIpc) is 2.77. The Hall–Kier alpha value is -2.09. The summed E-state index contributed by atoms with van der Waals surface area (Å²) in [5.41, 5.74) is 4.76. The normalized spacial score (nSPS) is 11.4. The molecule has 96 valence electrons. The highest BCUT2D eigenvalue weighted by molar-refractivity contribution is 5.80. The van der Waals surface area contributed by atoms with Gasteiger partial charge in [-0.3, -0.25) is 0 Å². The molecule has 2 aromatic carbocycles. The van der Waals surface area contributed by atoms with Gasteiger partial charge in [0.15, 0.2) is 0 Å². The fraction of sp³-hybridized carbons (Fsp3) is 0.235. The Balaban J connectivity index is 2.19. The molecular formula is C17H18N2. The first-order valence-electron chi connectivity index (χ1n) is 6.68. The van der Waals surface area contributed by atoms with Crippen molar-refractivity contribution in [2.75, 3.05) is 0 Å². The van der Waals surface area contributed by atoms with E-state index in [1.54, 1.807) is 0 Å². The molecule has 0 spiro atoms. The predicted octanol–water partition coefficient (Wildman–Crippen LogP) is 4.36. The third kappa shape index (κ3) is 2.03. The van der Waals surface area contributed by atoms with Gasteiger partial charge in [0.25, 0.3) is 0 Å². The molecule has 1 heterocycles. The zero-order chi connectivity index (χ0) is 13.4. The maximum absolute atomic E-state index is 4.75. The van der Waals surface area contributed by atoms with E-state index in [1.165, 1.54) is 16.6 Å². The highest BCUT2D eigenvalue weighted by Crippen LogP contribution is 2.26. The molecule has 0 N–H and O–H groups in total. The summed E-state index contributed by atoms with van der Waals surface area (Å²) in [4.78, 5) is 4.75. The third-order valence-electron chi connectivity index (χ3n) is 3.60. The number of nitrogens with zero attached hydrogens (tertiary/aromatic N) is 2. The number of para-hydroxylation sites is 2. The molecule has 3 rings (SSSR count). The van der Waals surface area contributed by atoms with E-state index in [0.29, 0.717) is 5.92 Å². The molecule has 0 amide bonds. The van der Waals surface area contributed by atoms with Crippen LogP contribution in [0.4, 0.5) is 0 Å². The first kappa shape index (κ1) is 12.0. The average molecular weight is 250 g/mol. The molecule has 0 saturated heterocycles. The van der Waals surface area contributed by atoms with Crippen molar-refractivity contribution in [2.45, 2.75) is 19.8 Å². The van der Waals surface area contributed by atoms with Gasteiger partial charge in [-0.15, -0.1) is 0 Å². The van der Waals surface area contributed by atoms with Crippen molar-refractivity contribution in [1.82, 2.24) is 9.55 Å². The van der Waals surface area contributed by atoms with Crippen molar-refractivity contribution in [2.24, 2.45) is 7.05 Å². The highest BCUT2D eigenvalue weighted by Gasteiger charge is 2.10. The van der Waals surface area contributed by atoms with Crippen LogP contribution in [0.25, 0.3) is 22.4 Å². The predicted molar refractivity (Wildman–Crippen MR) is 80.2 cm³/mol. The molecule has 0 aliphatic heterocycles. The van der Waals surface area contributed by atoms with Crippen LogP contribution < -0.4 is 0 Å². The molecule has 0 radical (unpaired) electrons. The lowest BCUT2D eigenvalue weighted by Crippen LogP contribution is -1.94. The van der Waals surface area contributed by atoms with Gasteiger partial charge in [-0.1, -0.05) is 44.2 Å². The smallest absolute Gasteiger partial charge is 0.140 e. The molecule has 3 aromatic rings. The summed E-state index contributed by atoms with van der Waals surface area (Å²) < 4.78 is 2.16. The van der Waals surface area contributed by atoms with Crippen molar-refractivity contribution < 1.29 is 0 Å². The Bertz CT molecular complexity index is 723. The maximum Gasteiger partial charge on any atom is 0.140 e. The highest BCUT2D eigenvalue weighted by atomic mass is 15.1. The van der Waals surface area contributed by atoms with Crippen LogP contribution in [-0.4, -0.2) is 9.55 Å². The first-order chi connectivity index (χ1) is 9.16. The zero-order valence-corrected chi connectivity index (χ0v) is 11.6. The molecule has 0 unspecified atom stereocenters. The Morgan fingerprint density at radius 3 is 2.53 bits per heavy atom. The number of rotatable bonds is 2. The summed E-state index contributed by atoms with van der Waals surface area (Å²) in [6.45, 7) is 4.43. The van der Waals surface area contributed by atoms with Crippen LogP contribution in [0.5, 0.6) is 0 Å². The molecule has 0 fully saturated rings. The van der Waals surface area contributed by atoms with Gasteiger partial charge in [0, 0.05) is 12.6 Å². The number of hydrogen-bond acceptors (Lipinski definition) is 1. The van der Waals surface area contributed by atoms with Gasteiger partial charge in [-0.05, 0) is 29.7 Å². The molecule has 2 nitrogen and oxygen atoms in total. The Labute approximate surface area is 113 Å². The number of fused-ring (bicyclic) bond motifs is 1. The van der Waals surface area contributed by atoms with E-state index >= 15 is 0 Å². The van der Waals surface area contributed by atoms with Crippen LogP contribution in [0.2, 0.25) is 0 Å². The van der Waals surface area contributed by atoms with E-state index in [2.05, 4.69) is 67.9 Å². The van der Waals surface area contributed by atoms with Gasteiger partial charge >= 0.3 is 0 Å². The van der Waals surface area contributed by atoms with Crippen molar-refractivity contribution >= 4 is 11.0 Å². The van der Waals surface area contributed by atoms with Crippen molar-refractivity contribution in [3.05, 3.63) is 54.1 Å². The van der Waals surface area contributed by atoms with E-state index in [0.717, 1.165) is 11.3 Å². The third-order valence-corrected chi connectivity index (χ3v) is 3.60. The largest absolute Gasteiger partial charge is 0.327 e. The van der Waals surface area contributed by atoms with Gasteiger partial charge in [-0.2, -0.15) is 0 Å². The Morgan fingerprint density at radius 2 is 1.79 bits per heavy atom. The van der Waals surface area contributed by atoms with Gasteiger partial charge in [0.2, 0.25) is 0 Å². The van der Waals surface area contributed by atoms with Crippen LogP contribution in [0.15, 0.2) is 48.5 Å². The lowest BCUT2D eigenvalue weighted by atomic mass is 10.0. The molecule has 19 heavy (non-hydrogen) atoms. The number of aromatic nitrogens is 2. The standard InChI is InChI=1S/C17H18N2/c1-12(2)13-7-6-8-14(11-13)17-18-15-9-4-5-10-16(15)19(17)3/h4-12H,1-3H3. The number of hydrogen-bond donors (Lipinski definition) is 0. The zero-order valence-electron chi connectivity index (χ0n) is 11.6. The quantitative estimate of drug-likeness (QED) is 0.660. The van der Waals surface area contributed by atoms with Crippen LogP contribution in [0.3, 0.4) is 0 Å². The summed E-state index contributed by atoms with van der Waals surface area (Å²) in [6, 6.07) is 16.9. The number of imidazole rings is 1.